The molecule has 4 aromatic rings. The molecule has 2 aromatic heterocycles. The number of aromatic nitrogens is 4. The molecule has 0 amide bonds. The van der Waals surface area contributed by atoms with Crippen molar-refractivity contribution in [2.75, 3.05) is 7.11 Å². The summed E-state index contributed by atoms with van der Waals surface area (Å²) in [6, 6.07) is 15.2. The lowest BCUT2D eigenvalue weighted by Gasteiger charge is -2.24. The van der Waals surface area contributed by atoms with Gasteiger partial charge in [0.2, 0.25) is 0 Å². The van der Waals surface area contributed by atoms with Gasteiger partial charge in [0.1, 0.15) is 17.3 Å². The van der Waals surface area contributed by atoms with Gasteiger partial charge in [0, 0.05) is 41.8 Å². The molecule has 0 bridgehead atoms. The van der Waals surface area contributed by atoms with Crippen molar-refractivity contribution in [1.29, 1.82) is 0 Å². The molecule has 1 N–H and O–H groups in total. The quantitative estimate of drug-likeness (QED) is 0.470. The van der Waals surface area contributed by atoms with E-state index in [-0.39, 0.29) is 11.9 Å². The van der Waals surface area contributed by atoms with Gasteiger partial charge >= 0.3 is 0 Å². The van der Waals surface area contributed by atoms with Crippen molar-refractivity contribution in [3.05, 3.63) is 95.3 Å². The summed E-state index contributed by atoms with van der Waals surface area (Å²) in [7, 11) is 1.69. The SMILES string of the molecule is COc1ccc(CNC2CCCc3c2cnn3-c2ccccc2F)cc1Cn1cccn1. The minimum absolute atomic E-state index is 0.191. The highest BCUT2D eigenvalue weighted by Crippen LogP contribution is 2.32. The molecule has 5 rings (SSSR count). The van der Waals surface area contributed by atoms with Crippen LogP contribution >= 0.6 is 0 Å². The maximum absolute atomic E-state index is 14.3. The normalized spacial score (nSPS) is 15.5. The molecule has 1 aliphatic carbocycles. The molecule has 6 nitrogen and oxygen atoms in total. The highest BCUT2D eigenvalue weighted by molar-refractivity contribution is 5.39. The summed E-state index contributed by atoms with van der Waals surface area (Å²) in [6.45, 7) is 1.39. The summed E-state index contributed by atoms with van der Waals surface area (Å²) in [5.41, 5.74) is 5.03. The molecule has 32 heavy (non-hydrogen) atoms. The summed E-state index contributed by atoms with van der Waals surface area (Å²) in [5, 5.41) is 12.5. The van der Waals surface area contributed by atoms with Crippen molar-refractivity contribution >= 4 is 0 Å². The van der Waals surface area contributed by atoms with E-state index in [9.17, 15) is 4.39 Å². The Hall–Kier alpha value is -3.45. The molecule has 1 aliphatic rings. The van der Waals surface area contributed by atoms with Crippen molar-refractivity contribution < 1.29 is 9.13 Å². The number of methoxy groups -OCH3 is 1. The number of halogens is 1. The molecule has 0 fully saturated rings. The number of rotatable bonds is 7. The number of hydrogen-bond donors (Lipinski definition) is 1. The zero-order chi connectivity index (χ0) is 21.9. The predicted octanol–water partition coefficient (Wildman–Crippen LogP) is 4.43. The molecule has 7 heteroatoms. The van der Waals surface area contributed by atoms with Crippen LogP contribution in [0.1, 0.15) is 41.3 Å². The second-order valence-corrected chi connectivity index (χ2v) is 8.09. The van der Waals surface area contributed by atoms with Crippen LogP contribution in [-0.4, -0.2) is 26.7 Å². The fourth-order valence-electron chi connectivity index (χ4n) is 4.48. The Morgan fingerprint density at radius 1 is 1.16 bits per heavy atom. The van der Waals surface area contributed by atoms with Gasteiger partial charge in [0.25, 0.3) is 0 Å². The fourth-order valence-corrected chi connectivity index (χ4v) is 4.48. The van der Waals surface area contributed by atoms with Gasteiger partial charge in [-0.3, -0.25) is 4.68 Å². The highest BCUT2D eigenvalue weighted by atomic mass is 19.1. The second-order valence-electron chi connectivity index (χ2n) is 8.09. The molecule has 164 valence electrons. The van der Waals surface area contributed by atoms with Crippen LogP contribution < -0.4 is 10.1 Å². The van der Waals surface area contributed by atoms with Crippen LogP contribution in [0.5, 0.6) is 5.75 Å². The summed E-state index contributed by atoms with van der Waals surface area (Å²) in [6.07, 6.45) is 8.58. The van der Waals surface area contributed by atoms with E-state index in [1.165, 1.54) is 11.6 Å². The highest BCUT2D eigenvalue weighted by Gasteiger charge is 2.25. The molecule has 0 aliphatic heterocycles. The largest absolute Gasteiger partial charge is 0.496 e. The summed E-state index contributed by atoms with van der Waals surface area (Å²) < 4.78 is 23.5. The average Bonchev–Trinajstić information content (AvgIpc) is 3.48. The Labute approximate surface area is 186 Å². The third-order valence-corrected chi connectivity index (χ3v) is 6.05. The van der Waals surface area contributed by atoms with Crippen molar-refractivity contribution in [2.45, 2.75) is 38.4 Å². The Kier molecular flexibility index (Phi) is 5.73. The Morgan fingerprint density at radius 3 is 2.88 bits per heavy atom. The second kappa shape index (κ2) is 8.96. The number of ether oxygens (including phenoxy) is 1. The summed E-state index contributed by atoms with van der Waals surface area (Å²) in [5.74, 6) is 0.604. The van der Waals surface area contributed by atoms with E-state index < -0.39 is 0 Å². The van der Waals surface area contributed by atoms with E-state index in [2.05, 4.69) is 27.6 Å². The molecular weight excluding hydrogens is 405 g/mol. The van der Waals surface area contributed by atoms with E-state index >= 15 is 0 Å². The molecule has 0 radical (unpaired) electrons. The number of hydrogen-bond acceptors (Lipinski definition) is 4. The van der Waals surface area contributed by atoms with Crippen molar-refractivity contribution in [3.63, 3.8) is 0 Å². The van der Waals surface area contributed by atoms with Gasteiger partial charge in [-0.1, -0.05) is 18.2 Å². The first kappa shape index (κ1) is 20.5. The van der Waals surface area contributed by atoms with Crippen molar-refractivity contribution in [1.82, 2.24) is 24.9 Å². The number of nitrogens with zero attached hydrogens (tertiary/aromatic N) is 4. The molecule has 1 unspecified atom stereocenters. The zero-order valence-corrected chi connectivity index (χ0v) is 18.0. The van der Waals surface area contributed by atoms with Crippen LogP contribution in [0.25, 0.3) is 5.69 Å². The number of para-hydroxylation sites is 1. The molecule has 2 heterocycles. The van der Waals surface area contributed by atoms with Gasteiger partial charge < -0.3 is 10.1 Å². The monoisotopic (exact) mass is 431 g/mol. The van der Waals surface area contributed by atoms with Crippen LogP contribution in [0, 0.1) is 5.82 Å². The molecule has 2 aromatic carbocycles. The molecule has 1 atom stereocenters. The lowest BCUT2D eigenvalue weighted by atomic mass is 9.92. The lowest BCUT2D eigenvalue weighted by molar-refractivity contribution is 0.406. The Balaban J connectivity index is 1.34. The Bertz CT molecular complexity index is 1200. The molecule has 0 saturated carbocycles. The minimum atomic E-state index is -0.253. The third kappa shape index (κ3) is 4.03. The summed E-state index contributed by atoms with van der Waals surface area (Å²) >= 11 is 0. The van der Waals surface area contributed by atoms with Gasteiger partial charge in [-0.15, -0.1) is 0 Å². The van der Waals surface area contributed by atoms with Gasteiger partial charge in [-0.05, 0) is 55.2 Å². The van der Waals surface area contributed by atoms with Crippen LogP contribution in [0.4, 0.5) is 4.39 Å². The van der Waals surface area contributed by atoms with Gasteiger partial charge in [0.15, 0.2) is 0 Å². The number of benzene rings is 2. The molecule has 0 saturated heterocycles. The lowest BCUT2D eigenvalue weighted by Crippen LogP contribution is -2.25. The first-order valence-electron chi connectivity index (χ1n) is 10.9. The Morgan fingerprint density at radius 2 is 2.06 bits per heavy atom. The fraction of sp³-hybridized carbons (Fsp3) is 0.280. The smallest absolute Gasteiger partial charge is 0.148 e. The van der Waals surface area contributed by atoms with E-state index in [0.717, 1.165) is 48.4 Å². The minimum Gasteiger partial charge on any atom is -0.496 e. The van der Waals surface area contributed by atoms with Crippen LogP contribution in [0.3, 0.4) is 0 Å². The number of fused-ring (bicyclic) bond motifs is 1. The van der Waals surface area contributed by atoms with Gasteiger partial charge in [0.05, 0.1) is 19.9 Å². The third-order valence-electron chi connectivity index (χ3n) is 6.05. The number of nitrogens with one attached hydrogen (secondary N) is 1. The first-order valence-corrected chi connectivity index (χ1v) is 10.9. The maximum atomic E-state index is 14.3. The van der Waals surface area contributed by atoms with E-state index in [1.54, 1.807) is 30.1 Å². The van der Waals surface area contributed by atoms with Crippen LogP contribution in [0.15, 0.2) is 67.1 Å². The van der Waals surface area contributed by atoms with Crippen LogP contribution in [0.2, 0.25) is 0 Å². The predicted molar refractivity (Wildman–Crippen MR) is 120 cm³/mol. The van der Waals surface area contributed by atoms with Crippen molar-refractivity contribution in [3.8, 4) is 11.4 Å². The van der Waals surface area contributed by atoms with E-state index in [0.29, 0.717) is 12.2 Å². The zero-order valence-electron chi connectivity index (χ0n) is 18.0. The maximum Gasteiger partial charge on any atom is 0.148 e. The molecular formula is C25H26FN5O. The van der Waals surface area contributed by atoms with Crippen LogP contribution in [-0.2, 0) is 19.5 Å². The summed E-state index contributed by atoms with van der Waals surface area (Å²) in [4.78, 5) is 0. The van der Waals surface area contributed by atoms with E-state index in [4.69, 9.17) is 4.74 Å². The topological polar surface area (TPSA) is 56.9 Å². The van der Waals surface area contributed by atoms with Gasteiger partial charge in [-0.2, -0.15) is 10.2 Å². The standard InChI is InChI=1S/C25H26FN5O/c1-32-25-11-10-18(14-19(25)17-30-13-5-12-28-30)15-27-22-7-4-9-23-20(22)16-29-31(23)24-8-3-2-6-21(24)26/h2-3,5-6,8,10-14,16,22,27H,4,7,9,15,17H2,1H3. The average molecular weight is 432 g/mol. The van der Waals surface area contributed by atoms with Crippen molar-refractivity contribution in [2.24, 2.45) is 0 Å². The first-order chi connectivity index (χ1) is 15.7. The van der Waals surface area contributed by atoms with E-state index in [1.807, 2.05) is 35.3 Å². The molecule has 0 spiro atoms. The van der Waals surface area contributed by atoms with Gasteiger partial charge in [-0.25, -0.2) is 9.07 Å².